The van der Waals surface area contributed by atoms with Crippen LogP contribution in [-0.2, 0) is 4.79 Å². The van der Waals surface area contributed by atoms with Crippen molar-refractivity contribution in [3.8, 4) is 0 Å². The maximum Gasteiger partial charge on any atom is 0.253 e. The first-order valence-electron chi connectivity index (χ1n) is 12.8. The first-order valence-corrected chi connectivity index (χ1v) is 13.2. The van der Waals surface area contributed by atoms with E-state index in [4.69, 9.17) is 11.6 Å². The molecule has 0 aromatic heterocycles. The number of carbonyl (C=O) groups excluding carboxylic acids is 2. The molecule has 5 rings (SSSR count). The number of benzene rings is 4. The summed E-state index contributed by atoms with van der Waals surface area (Å²) in [7, 11) is 0. The van der Waals surface area contributed by atoms with E-state index in [2.05, 4.69) is 10.2 Å². The Hall–Kier alpha value is -4.09. The number of hydrogen-bond acceptors (Lipinski definition) is 3. The van der Waals surface area contributed by atoms with Crippen LogP contribution in [0.15, 0.2) is 103 Å². The topological polar surface area (TPSA) is 52.7 Å². The zero-order valence-electron chi connectivity index (χ0n) is 21.3. The number of nitrogens with zero attached hydrogens (tertiary/aromatic N) is 2. The van der Waals surface area contributed by atoms with E-state index < -0.39 is 5.92 Å². The molecule has 38 heavy (non-hydrogen) atoms. The van der Waals surface area contributed by atoms with Gasteiger partial charge in [-0.25, -0.2) is 0 Å². The molecule has 0 aliphatic carbocycles. The second-order valence-corrected chi connectivity index (χ2v) is 9.93. The zero-order chi connectivity index (χ0) is 26.5. The number of hydrogen-bond donors (Lipinski definition) is 1. The smallest absolute Gasteiger partial charge is 0.253 e. The third kappa shape index (κ3) is 5.58. The number of halogens is 1. The molecule has 4 aromatic carbocycles. The number of carbonyl (C=O) groups is 2. The maximum absolute atomic E-state index is 13.8. The van der Waals surface area contributed by atoms with Gasteiger partial charge in [0.2, 0.25) is 5.91 Å². The van der Waals surface area contributed by atoms with Crippen molar-refractivity contribution >= 4 is 34.8 Å². The van der Waals surface area contributed by atoms with E-state index in [9.17, 15) is 9.59 Å². The van der Waals surface area contributed by atoms with Crippen molar-refractivity contribution in [1.82, 2.24) is 4.90 Å². The van der Waals surface area contributed by atoms with E-state index in [1.807, 2.05) is 115 Å². The molecule has 1 fully saturated rings. The molecular formula is C32H30ClN3O2. The summed E-state index contributed by atoms with van der Waals surface area (Å²) in [5, 5.41) is 3.73. The lowest BCUT2D eigenvalue weighted by atomic mass is 9.90. The van der Waals surface area contributed by atoms with Crippen LogP contribution in [0.5, 0.6) is 0 Å². The highest BCUT2D eigenvalue weighted by Crippen LogP contribution is 2.36. The zero-order valence-corrected chi connectivity index (χ0v) is 22.1. The third-order valence-electron chi connectivity index (χ3n) is 6.95. The maximum atomic E-state index is 13.8. The van der Waals surface area contributed by atoms with E-state index in [1.54, 1.807) is 0 Å². The Morgan fingerprint density at radius 2 is 1.32 bits per heavy atom. The molecular weight excluding hydrogens is 494 g/mol. The van der Waals surface area contributed by atoms with Crippen molar-refractivity contribution in [3.63, 3.8) is 0 Å². The molecule has 0 spiro atoms. The fourth-order valence-corrected chi connectivity index (χ4v) is 5.23. The van der Waals surface area contributed by atoms with E-state index >= 15 is 0 Å². The number of para-hydroxylation sites is 1. The van der Waals surface area contributed by atoms with Crippen molar-refractivity contribution < 1.29 is 9.59 Å². The number of nitrogens with one attached hydrogen (secondary N) is 1. The van der Waals surface area contributed by atoms with Gasteiger partial charge in [-0.1, -0.05) is 96.0 Å². The minimum Gasteiger partial charge on any atom is -0.365 e. The standard InChI is InChI=1S/C32H30ClN3O2/c1-23-15-17-26(18-16-23)32(38)36-21-19-35(20-22-36)30-27(33)13-8-14-28(30)34-31(37)29(24-9-4-2-5-10-24)25-11-6-3-7-12-25/h2-18,29H,19-22H2,1H3,(H,34,37). The molecule has 0 saturated carbocycles. The summed E-state index contributed by atoms with van der Waals surface area (Å²) < 4.78 is 0. The minimum absolute atomic E-state index is 0.0332. The van der Waals surface area contributed by atoms with Gasteiger partial charge in [-0.05, 0) is 42.3 Å². The summed E-state index contributed by atoms with van der Waals surface area (Å²) >= 11 is 6.70. The summed E-state index contributed by atoms with van der Waals surface area (Å²) in [6, 6.07) is 32.8. The second-order valence-electron chi connectivity index (χ2n) is 9.52. The van der Waals surface area contributed by atoms with Crippen LogP contribution in [0.4, 0.5) is 11.4 Å². The largest absolute Gasteiger partial charge is 0.365 e. The van der Waals surface area contributed by atoms with Crippen LogP contribution in [-0.4, -0.2) is 42.9 Å². The van der Waals surface area contributed by atoms with Gasteiger partial charge in [0.05, 0.1) is 22.3 Å². The molecule has 5 nitrogen and oxygen atoms in total. The van der Waals surface area contributed by atoms with Crippen LogP contribution in [0.2, 0.25) is 5.02 Å². The van der Waals surface area contributed by atoms with Gasteiger partial charge in [0.1, 0.15) is 0 Å². The van der Waals surface area contributed by atoms with Crippen LogP contribution in [0, 0.1) is 6.92 Å². The lowest BCUT2D eigenvalue weighted by Crippen LogP contribution is -2.49. The highest BCUT2D eigenvalue weighted by atomic mass is 35.5. The molecule has 192 valence electrons. The SMILES string of the molecule is Cc1ccc(C(=O)N2CCN(c3c(Cl)cccc3NC(=O)C(c3ccccc3)c3ccccc3)CC2)cc1. The Morgan fingerprint density at radius 1 is 0.737 bits per heavy atom. The van der Waals surface area contributed by atoms with Crippen LogP contribution in [0.3, 0.4) is 0 Å². The third-order valence-corrected chi connectivity index (χ3v) is 7.26. The van der Waals surface area contributed by atoms with Gasteiger partial charge in [0.15, 0.2) is 0 Å². The highest BCUT2D eigenvalue weighted by molar-refractivity contribution is 6.34. The van der Waals surface area contributed by atoms with Gasteiger partial charge in [-0.15, -0.1) is 0 Å². The Labute approximate surface area is 228 Å². The Balaban J connectivity index is 1.35. The Morgan fingerprint density at radius 3 is 1.89 bits per heavy atom. The second kappa shape index (κ2) is 11.5. The Bertz CT molecular complexity index is 1360. The van der Waals surface area contributed by atoms with Crippen molar-refractivity contribution in [2.24, 2.45) is 0 Å². The normalized spacial score (nSPS) is 13.4. The van der Waals surface area contributed by atoms with Crippen LogP contribution < -0.4 is 10.2 Å². The van der Waals surface area contributed by atoms with Crippen LogP contribution in [0.1, 0.15) is 33.0 Å². The minimum atomic E-state index is -0.465. The molecule has 1 saturated heterocycles. The van der Waals surface area contributed by atoms with Gasteiger partial charge in [0.25, 0.3) is 5.91 Å². The van der Waals surface area contributed by atoms with E-state index in [1.165, 1.54) is 0 Å². The molecule has 0 radical (unpaired) electrons. The van der Waals surface area contributed by atoms with E-state index in [-0.39, 0.29) is 11.8 Å². The monoisotopic (exact) mass is 523 g/mol. The number of amides is 2. The summed E-state index contributed by atoms with van der Waals surface area (Å²) in [6.45, 7) is 4.38. The number of rotatable bonds is 6. The average molecular weight is 524 g/mol. The molecule has 1 aliphatic heterocycles. The quantitative estimate of drug-likeness (QED) is 0.319. The lowest BCUT2D eigenvalue weighted by Gasteiger charge is -2.37. The van der Waals surface area contributed by atoms with Gasteiger partial charge < -0.3 is 15.1 Å². The number of piperazine rings is 1. The Kier molecular flexibility index (Phi) is 7.75. The number of aryl methyl sites for hydroxylation is 1. The predicted octanol–water partition coefficient (Wildman–Crippen LogP) is 6.38. The van der Waals surface area contributed by atoms with Crippen LogP contribution >= 0.6 is 11.6 Å². The van der Waals surface area contributed by atoms with Gasteiger partial charge in [0, 0.05) is 31.7 Å². The molecule has 0 unspecified atom stereocenters. The van der Waals surface area contributed by atoms with Crippen molar-refractivity contribution in [2.75, 3.05) is 36.4 Å². The van der Waals surface area contributed by atoms with Crippen molar-refractivity contribution in [1.29, 1.82) is 0 Å². The van der Waals surface area contributed by atoms with Gasteiger partial charge in [-0.2, -0.15) is 0 Å². The number of anilines is 2. The first-order chi connectivity index (χ1) is 18.5. The molecule has 1 N–H and O–H groups in total. The lowest BCUT2D eigenvalue weighted by molar-refractivity contribution is -0.116. The van der Waals surface area contributed by atoms with E-state index in [0.717, 1.165) is 22.4 Å². The van der Waals surface area contributed by atoms with Crippen molar-refractivity contribution in [3.05, 3.63) is 130 Å². The molecule has 2 amide bonds. The van der Waals surface area contributed by atoms with Crippen LogP contribution in [0.25, 0.3) is 0 Å². The molecule has 1 aliphatic rings. The fraction of sp³-hybridized carbons (Fsp3) is 0.188. The molecule has 1 heterocycles. The summed E-state index contributed by atoms with van der Waals surface area (Å²) in [5.74, 6) is -0.557. The molecule has 6 heteroatoms. The van der Waals surface area contributed by atoms with Gasteiger partial charge in [-0.3, -0.25) is 9.59 Å². The summed E-state index contributed by atoms with van der Waals surface area (Å²) in [5.41, 5.74) is 5.11. The van der Waals surface area contributed by atoms with Crippen molar-refractivity contribution in [2.45, 2.75) is 12.8 Å². The van der Waals surface area contributed by atoms with E-state index in [0.29, 0.717) is 42.5 Å². The molecule has 4 aromatic rings. The fourth-order valence-electron chi connectivity index (χ4n) is 4.94. The highest BCUT2D eigenvalue weighted by Gasteiger charge is 2.27. The predicted molar refractivity (Wildman–Crippen MR) is 154 cm³/mol. The average Bonchev–Trinajstić information content (AvgIpc) is 2.95. The summed E-state index contributed by atoms with van der Waals surface area (Å²) in [4.78, 5) is 30.8. The van der Waals surface area contributed by atoms with Gasteiger partial charge >= 0.3 is 0 Å². The summed E-state index contributed by atoms with van der Waals surface area (Å²) in [6.07, 6.45) is 0. The first kappa shape index (κ1) is 25.6. The molecule has 0 bridgehead atoms. The molecule has 0 atom stereocenters.